The number of anilines is 3. The highest BCUT2D eigenvalue weighted by Gasteiger charge is 2.29. The molecule has 0 bridgehead atoms. The number of nitrogens with one attached hydrogen (secondary N) is 2. The largest absolute Gasteiger partial charge is 0.354 e. The molecule has 0 aliphatic heterocycles. The molecule has 8 nitrogen and oxygen atoms in total. The molecule has 2 aromatic carbocycles. The van der Waals surface area contributed by atoms with Gasteiger partial charge in [0.05, 0.1) is 27.6 Å². The van der Waals surface area contributed by atoms with Crippen LogP contribution in [-0.4, -0.2) is 43.8 Å². The van der Waals surface area contributed by atoms with Crippen LogP contribution in [0.3, 0.4) is 0 Å². The minimum atomic E-state index is -0.298. The van der Waals surface area contributed by atoms with Crippen molar-refractivity contribution < 1.29 is 19.2 Å². The molecule has 190 valence electrons. The highest BCUT2D eigenvalue weighted by molar-refractivity contribution is 14.1. The lowest BCUT2D eigenvalue weighted by Gasteiger charge is -2.27. The van der Waals surface area contributed by atoms with Crippen molar-refractivity contribution in [2.45, 2.75) is 40.7 Å². The van der Waals surface area contributed by atoms with E-state index in [2.05, 4.69) is 78.4 Å². The molecule has 0 spiro atoms. The van der Waals surface area contributed by atoms with E-state index in [4.69, 9.17) is 0 Å². The normalized spacial score (nSPS) is 10.1. The highest BCUT2D eigenvalue weighted by atomic mass is 127. The van der Waals surface area contributed by atoms with Gasteiger partial charge in [0.25, 0.3) is 5.91 Å². The lowest BCUT2D eigenvalue weighted by molar-refractivity contribution is -0.119. The van der Waals surface area contributed by atoms with Crippen molar-refractivity contribution in [3.05, 3.63) is 46.6 Å². The first kappa shape index (κ1) is 31.5. The maximum absolute atomic E-state index is 13.1. The molecule has 11 heteroatoms. The molecule has 0 fully saturated rings. The number of carbonyl (C=O) groups excluding carboxylic acids is 4. The first-order valence-corrected chi connectivity index (χ1v) is 13.8. The second kappa shape index (κ2) is 14.3. The molecule has 0 aliphatic carbocycles. The highest BCUT2D eigenvalue weighted by Crippen LogP contribution is 2.42. The average molecular weight is 818 g/mol. The van der Waals surface area contributed by atoms with Crippen LogP contribution in [0.1, 0.15) is 45.0 Å². The van der Waals surface area contributed by atoms with Crippen molar-refractivity contribution in [1.82, 2.24) is 5.32 Å². The molecule has 35 heavy (non-hydrogen) atoms. The summed E-state index contributed by atoms with van der Waals surface area (Å²) in [4.78, 5) is 50.4. The Morgan fingerprint density at radius 3 is 1.51 bits per heavy atom. The Bertz CT molecular complexity index is 1060. The molecule has 0 radical (unpaired) electrons. The van der Waals surface area contributed by atoms with E-state index in [1.54, 1.807) is 26.2 Å². The van der Waals surface area contributed by atoms with Crippen LogP contribution in [0.2, 0.25) is 0 Å². The maximum atomic E-state index is 13.1. The van der Waals surface area contributed by atoms with Crippen molar-refractivity contribution in [1.29, 1.82) is 0 Å². The van der Waals surface area contributed by atoms with Gasteiger partial charge in [-0.25, -0.2) is 0 Å². The van der Waals surface area contributed by atoms with Crippen LogP contribution in [0.15, 0.2) is 30.3 Å². The number of benzene rings is 2. The van der Waals surface area contributed by atoms with Gasteiger partial charge < -0.3 is 20.4 Å². The number of amides is 4. The fourth-order valence-electron chi connectivity index (χ4n) is 2.86. The Balaban J connectivity index is 0.000000762. The first-order valence-electron chi connectivity index (χ1n) is 10.5. The number of nitrogens with zero attached hydrogens (tertiary/aromatic N) is 2. The second-order valence-electron chi connectivity index (χ2n) is 7.85. The summed E-state index contributed by atoms with van der Waals surface area (Å²) in [5.74, 6) is -0.589. The molecule has 0 saturated heterocycles. The zero-order valence-electron chi connectivity index (χ0n) is 20.6. The van der Waals surface area contributed by atoms with E-state index in [0.29, 0.717) is 29.8 Å². The van der Waals surface area contributed by atoms with Gasteiger partial charge in [-0.2, -0.15) is 0 Å². The summed E-state index contributed by atoms with van der Waals surface area (Å²) in [6, 6.07) is 9.42. The van der Waals surface area contributed by atoms with Crippen molar-refractivity contribution in [3.63, 3.8) is 0 Å². The molecule has 0 saturated carbocycles. The molecule has 0 heterocycles. The van der Waals surface area contributed by atoms with Crippen LogP contribution in [0, 0.1) is 10.7 Å². The van der Waals surface area contributed by atoms with Crippen LogP contribution < -0.4 is 20.4 Å². The molecule has 0 aromatic heterocycles. The smallest absolute Gasteiger partial charge is 0.257 e. The summed E-state index contributed by atoms with van der Waals surface area (Å²) in [6.07, 6.45) is 0. The fraction of sp³-hybridized carbons (Fsp3) is 0.333. The molecule has 0 atom stereocenters. The molecule has 2 aromatic rings. The molecular formula is C24H29I3N4O4. The Morgan fingerprint density at radius 2 is 1.20 bits per heavy atom. The Labute approximate surface area is 247 Å². The molecule has 0 aliphatic rings. The van der Waals surface area contributed by atoms with Crippen molar-refractivity contribution in [3.8, 4) is 0 Å². The van der Waals surface area contributed by atoms with Crippen LogP contribution in [0.4, 0.5) is 17.1 Å². The number of rotatable bonds is 5. The first-order chi connectivity index (χ1) is 16.2. The van der Waals surface area contributed by atoms with Gasteiger partial charge in [0, 0.05) is 46.6 Å². The molecule has 2 rings (SSSR count). The van der Waals surface area contributed by atoms with Crippen LogP contribution in [-0.2, 0) is 14.4 Å². The van der Waals surface area contributed by atoms with Gasteiger partial charge in [-0.05, 0) is 93.8 Å². The fourth-order valence-corrected chi connectivity index (χ4v) is 7.97. The minimum Gasteiger partial charge on any atom is -0.354 e. The van der Waals surface area contributed by atoms with Gasteiger partial charge in [-0.1, -0.05) is 18.2 Å². The van der Waals surface area contributed by atoms with Gasteiger partial charge in [0.2, 0.25) is 17.7 Å². The van der Waals surface area contributed by atoms with Crippen molar-refractivity contribution in [2.75, 3.05) is 29.2 Å². The van der Waals surface area contributed by atoms with E-state index < -0.39 is 0 Å². The van der Waals surface area contributed by atoms with Crippen molar-refractivity contribution >= 4 is 108 Å². The predicted octanol–water partition coefficient (Wildman–Crippen LogP) is 5.25. The van der Waals surface area contributed by atoms with Gasteiger partial charge in [0.15, 0.2) is 0 Å². The van der Waals surface area contributed by atoms with E-state index in [9.17, 15) is 19.2 Å². The van der Waals surface area contributed by atoms with E-state index in [1.807, 2.05) is 32.0 Å². The van der Waals surface area contributed by atoms with Gasteiger partial charge in [0.1, 0.15) is 0 Å². The zero-order valence-corrected chi connectivity index (χ0v) is 27.1. The third-order valence-electron chi connectivity index (χ3n) is 4.64. The average Bonchev–Trinajstić information content (AvgIpc) is 2.73. The zero-order chi connectivity index (χ0) is 27.0. The number of para-hydroxylation sites is 1. The van der Waals surface area contributed by atoms with E-state index in [-0.39, 0.29) is 29.7 Å². The quantitative estimate of drug-likeness (QED) is 0.404. The number of hydrogen-bond donors (Lipinski definition) is 2. The Hall–Kier alpha value is -1.49. The van der Waals surface area contributed by atoms with Crippen LogP contribution >= 0.6 is 67.8 Å². The standard InChI is InChI=1S/C19H18I3N3O3.C5H11NO/c1-10(26)24(3)17-14(20)13(19(28)23-12-8-6-5-7-9-12)15(21)18(16(17)22)25(4)11(2)27;1-4(2)6-5(3)7/h5-9H,1-4H3,(H,23,28);4H,1-3H3,(H,6,7). The third kappa shape index (κ3) is 8.84. The number of hydrogen-bond acceptors (Lipinski definition) is 4. The van der Waals surface area contributed by atoms with E-state index >= 15 is 0 Å². The summed E-state index contributed by atoms with van der Waals surface area (Å²) in [5, 5.41) is 5.56. The van der Waals surface area contributed by atoms with E-state index in [1.165, 1.54) is 30.6 Å². The number of carbonyl (C=O) groups is 4. The second-order valence-corrected chi connectivity index (χ2v) is 11.1. The minimum absolute atomic E-state index is 0.0370. The van der Waals surface area contributed by atoms with Gasteiger partial charge in [-0.15, -0.1) is 0 Å². The number of halogens is 3. The molecule has 0 unspecified atom stereocenters. The molecule has 2 N–H and O–H groups in total. The summed E-state index contributed by atoms with van der Waals surface area (Å²) >= 11 is 6.30. The van der Waals surface area contributed by atoms with E-state index in [0.717, 1.165) is 3.57 Å². The molecule has 4 amide bonds. The Morgan fingerprint density at radius 1 is 0.771 bits per heavy atom. The van der Waals surface area contributed by atoms with Gasteiger partial charge in [-0.3, -0.25) is 19.2 Å². The van der Waals surface area contributed by atoms with Crippen molar-refractivity contribution in [2.24, 2.45) is 0 Å². The lowest BCUT2D eigenvalue weighted by atomic mass is 10.1. The monoisotopic (exact) mass is 818 g/mol. The predicted molar refractivity (Wildman–Crippen MR) is 166 cm³/mol. The molecular weight excluding hydrogens is 789 g/mol. The summed E-state index contributed by atoms with van der Waals surface area (Å²) in [7, 11) is 3.32. The SMILES string of the molecule is CC(=O)N(C)c1c(I)c(C(=O)Nc2ccccc2)c(I)c(N(C)C(C)=O)c1I.CC(=O)NC(C)C. The third-order valence-corrected chi connectivity index (χ3v) is 7.76. The van der Waals surface area contributed by atoms with Gasteiger partial charge >= 0.3 is 0 Å². The lowest BCUT2D eigenvalue weighted by Crippen LogP contribution is -2.31. The van der Waals surface area contributed by atoms with Crippen LogP contribution in [0.5, 0.6) is 0 Å². The maximum Gasteiger partial charge on any atom is 0.257 e. The van der Waals surface area contributed by atoms with Crippen LogP contribution in [0.25, 0.3) is 0 Å². The summed E-state index contributed by atoms with van der Waals surface area (Å²) in [6.45, 7) is 8.30. The Kier molecular flexibility index (Phi) is 12.9. The summed E-state index contributed by atoms with van der Waals surface area (Å²) < 4.78 is 2.04. The topological polar surface area (TPSA) is 98.8 Å². The summed E-state index contributed by atoms with van der Waals surface area (Å²) in [5.41, 5.74) is 2.31.